The van der Waals surface area contributed by atoms with Gasteiger partial charge in [-0.15, -0.1) is 11.8 Å². The summed E-state index contributed by atoms with van der Waals surface area (Å²) in [6, 6.07) is 7.80. The molecule has 0 radical (unpaired) electrons. The Hall–Kier alpha value is -3.20. The van der Waals surface area contributed by atoms with Crippen molar-refractivity contribution in [3.8, 4) is 0 Å². The molecule has 3 aromatic heterocycles. The average Bonchev–Trinajstić information content (AvgIpc) is 3.29. The summed E-state index contributed by atoms with van der Waals surface area (Å²) in [6.45, 7) is 0. The van der Waals surface area contributed by atoms with E-state index in [0.29, 0.717) is 0 Å². The number of aromatic amines is 1. The third kappa shape index (κ3) is 4.14. The largest absolute Gasteiger partial charge is 0.340 e. The van der Waals surface area contributed by atoms with Crippen LogP contribution in [0.3, 0.4) is 0 Å². The number of anilines is 1. The molecule has 27 heavy (non-hydrogen) atoms. The number of aryl methyl sites for hydroxylation is 1. The van der Waals surface area contributed by atoms with Crippen LogP contribution in [0.1, 0.15) is 11.3 Å². The van der Waals surface area contributed by atoms with Crippen molar-refractivity contribution < 1.29 is 4.79 Å². The van der Waals surface area contributed by atoms with Crippen LogP contribution >= 0.6 is 11.8 Å². The predicted octanol–water partition coefficient (Wildman–Crippen LogP) is 2.56. The molecule has 1 amide bonds. The van der Waals surface area contributed by atoms with Gasteiger partial charge in [-0.05, 0) is 17.7 Å². The summed E-state index contributed by atoms with van der Waals surface area (Å²) in [5, 5.41) is 11.6. The lowest BCUT2D eigenvalue weighted by atomic mass is 10.2. The van der Waals surface area contributed by atoms with Crippen molar-refractivity contribution in [3.05, 3.63) is 60.6 Å². The third-order valence-electron chi connectivity index (χ3n) is 3.90. The quantitative estimate of drug-likeness (QED) is 0.394. The molecule has 4 rings (SSSR count). The molecule has 0 aliphatic heterocycles. The monoisotopic (exact) mass is 379 g/mol. The van der Waals surface area contributed by atoms with Crippen molar-refractivity contribution in [1.82, 2.24) is 29.7 Å². The lowest BCUT2D eigenvalue weighted by molar-refractivity contribution is -0.115. The van der Waals surface area contributed by atoms with Gasteiger partial charge in [0.2, 0.25) is 5.91 Å². The predicted molar refractivity (Wildman–Crippen MR) is 103 cm³/mol. The molecule has 0 unspecified atom stereocenters. The van der Waals surface area contributed by atoms with Gasteiger partial charge < -0.3 is 9.88 Å². The highest BCUT2D eigenvalue weighted by molar-refractivity contribution is 7.98. The fraction of sp³-hybridized carbons (Fsp3) is 0.167. The van der Waals surface area contributed by atoms with Gasteiger partial charge in [0.1, 0.15) is 11.4 Å². The van der Waals surface area contributed by atoms with E-state index in [4.69, 9.17) is 0 Å². The van der Waals surface area contributed by atoms with E-state index < -0.39 is 0 Å². The van der Waals surface area contributed by atoms with Gasteiger partial charge in [-0.25, -0.2) is 15.0 Å². The summed E-state index contributed by atoms with van der Waals surface area (Å²) in [5.41, 5.74) is 3.33. The summed E-state index contributed by atoms with van der Waals surface area (Å²) in [4.78, 5) is 24.9. The van der Waals surface area contributed by atoms with Gasteiger partial charge in [-0.1, -0.05) is 12.1 Å². The number of amides is 1. The molecule has 0 atom stereocenters. The molecular formula is C18H17N7OS. The number of thioether (sulfide) groups is 1. The van der Waals surface area contributed by atoms with Gasteiger partial charge in [0, 0.05) is 24.7 Å². The second kappa shape index (κ2) is 7.58. The number of hydrogen-bond donors (Lipinski definition) is 2. The van der Waals surface area contributed by atoms with Crippen molar-refractivity contribution in [2.75, 3.05) is 5.32 Å². The number of hydrogen-bond acceptors (Lipinski definition) is 6. The minimum absolute atomic E-state index is 0.0885. The van der Waals surface area contributed by atoms with Crippen molar-refractivity contribution >= 4 is 34.4 Å². The fourth-order valence-electron chi connectivity index (χ4n) is 2.68. The molecule has 0 saturated heterocycles. The SMILES string of the molecule is Cn1cnc(CC(=O)Nc2cccc(CSc3ncnc4[nH]ncc34)c2)c1. The topological polar surface area (TPSA) is 101 Å². The highest BCUT2D eigenvalue weighted by atomic mass is 32.2. The van der Waals surface area contributed by atoms with E-state index in [0.717, 1.165) is 38.8 Å². The van der Waals surface area contributed by atoms with Gasteiger partial charge in [0.15, 0.2) is 5.65 Å². The number of rotatable bonds is 6. The van der Waals surface area contributed by atoms with Crippen molar-refractivity contribution in [3.63, 3.8) is 0 Å². The van der Waals surface area contributed by atoms with E-state index in [-0.39, 0.29) is 12.3 Å². The molecule has 1 aromatic carbocycles. The zero-order valence-corrected chi connectivity index (χ0v) is 15.4. The minimum atomic E-state index is -0.0885. The molecule has 8 nitrogen and oxygen atoms in total. The number of carbonyl (C=O) groups excluding carboxylic acids is 1. The minimum Gasteiger partial charge on any atom is -0.340 e. The van der Waals surface area contributed by atoms with Crippen LogP contribution in [0, 0.1) is 0 Å². The molecule has 0 spiro atoms. The molecule has 9 heteroatoms. The summed E-state index contributed by atoms with van der Waals surface area (Å²) in [6.07, 6.45) is 7.03. The molecule has 0 aliphatic rings. The highest BCUT2D eigenvalue weighted by Crippen LogP contribution is 2.27. The molecule has 2 N–H and O–H groups in total. The van der Waals surface area contributed by atoms with Crippen LogP contribution in [-0.2, 0) is 24.0 Å². The normalized spacial score (nSPS) is 11.0. The van der Waals surface area contributed by atoms with Crippen LogP contribution in [0.4, 0.5) is 5.69 Å². The average molecular weight is 379 g/mol. The second-order valence-corrected chi connectivity index (χ2v) is 7.02. The van der Waals surface area contributed by atoms with Crippen LogP contribution in [0.5, 0.6) is 0 Å². The standard InChI is InChI=1S/C18H17N7OS/c1-25-8-14(21-11-25)6-16(26)23-13-4-2-3-12(5-13)9-27-18-15-7-22-24-17(15)19-10-20-18/h2-5,7-8,10-11H,6,9H2,1H3,(H,23,26)(H,19,20,22,24). The lowest BCUT2D eigenvalue weighted by Gasteiger charge is -2.07. The zero-order valence-electron chi connectivity index (χ0n) is 14.6. The van der Waals surface area contributed by atoms with E-state index in [9.17, 15) is 4.79 Å². The molecule has 136 valence electrons. The number of fused-ring (bicyclic) bond motifs is 1. The molecule has 3 heterocycles. The number of carbonyl (C=O) groups is 1. The van der Waals surface area contributed by atoms with E-state index in [2.05, 4.69) is 30.5 Å². The molecule has 4 aromatic rings. The Balaban J connectivity index is 1.40. The van der Waals surface area contributed by atoms with Gasteiger partial charge in [-0.3, -0.25) is 9.89 Å². The second-order valence-electron chi connectivity index (χ2n) is 6.06. The number of benzene rings is 1. The number of H-pyrrole nitrogens is 1. The summed E-state index contributed by atoms with van der Waals surface area (Å²) < 4.78 is 1.82. The fourth-order valence-corrected chi connectivity index (χ4v) is 3.59. The first-order valence-electron chi connectivity index (χ1n) is 8.30. The smallest absolute Gasteiger partial charge is 0.230 e. The molecule has 0 saturated carbocycles. The van der Waals surface area contributed by atoms with Crippen LogP contribution in [0.15, 0.2) is 54.3 Å². The van der Waals surface area contributed by atoms with Crippen LogP contribution < -0.4 is 5.32 Å². The Kier molecular flexibility index (Phi) is 4.84. The van der Waals surface area contributed by atoms with Crippen LogP contribution in [0.25, 0.3) is 11.0 Å². The van der Waals surface area contributed by atoms with Gasteiger partial charge in [0.25, 0.3) is 0 Å². The Morgan fingerprint density at radius 1 is 1.30 bits per heavy atom. The maximum Gasteiger partial charge on any atom is 0.230 e. The molecule has 0 aliphatic carbocycles. The van der Waals surface area contributed by atoms with E-state index in [1.165, 1.54) is 6.33 Å². The zero-order chi connectivity index (χ0) is 18.6. The lowest BCUT2D eigenvalue weighted by Crippen LogP contribution is -2.14. The van der Waals surface area contributed by atoms with Crippen molar-refractivity contribution in [2.24, 2.45) is 7.05 Å². The number of aromatic nitrogens is 6. The van der Waals surface area contributed by atoms with E-state index in [1.54, 1.807) is 24.3 Å². The first-order valence-corrected chi connectivity index (χ1v) is 9.28. The summed E-state index contributed by atoms with van der Waals surface area (Å²) >= 11 is 1.60. The number of nitrogens with zero attached hydrogens (tertiary/aromatic N) is 5. The van der Waals surface area contributed by atoms with Gasteiger partial charge in [-0.2, -0.15) is 5.10 Å². The van der Waals surface area contributed by atoms with E-state index >= 15 is 0 Å². The Morgan fingerprint density at radius 3 is 3.07 bits per heavy atom. The Bertz CT molecular complexity index is 1090. The number of nitrogens with one attached hydrogen (secondary N) is 2. The maximum absolute atomic E-state index is 12.2. The third-order valence-corrected chi connectivity index (χ3v) is 4.97. The molecular weight excluding hydrogens is 362 g/mol. The summed E-state index contributed by atoms with van der Waals surface area (Å²) in [7, 11) is 1.88. The van der Waals surface area contributed by atoms with E-state index in [1.807, 2.05) is 42.1 Å². The Morgan fingerprint density at radius 2 is 2.22 bits per heavy atom. The summed E-state index contributed by atoms with van der Waals surface area (Å²) in [5.74, 6) is 0.635. The first kappa shape index (κ1) is 17.2. The first-order chi connectivity index (χ1) is 13.2. The van der Waals surface area contributed by atoms with Crippen LogP contribution in [-0.4, -0.2) is 35.6 Å². The highest BCUT2D eigenvalue weighted by Gasteiger charge is 2.09. The van der Waals surface area contributed by atoms with Gasteiger partial charge in [0.05, 0.1) is 30.0 Å². The molecule has 0 fully saturated rings. The van der Waals surface area contributed by atoms with Gasteiger partial charge >= 0.3 is 0 Å². The Labute approximate surface area is 159 Å². The molecule has 0 bridgehead atoms. The van der Waals surface area contributed by atoms with Crippen molar-refractivity contribution in [2.45, 2.75) is 17.2 Å². The van der Waals surface area contributed by atoms with Crippen molar-refractivity contribution in [1.29, 1.82) is 0 Å². The number of imidazole rings is 1. The maximum atomic E-state index is 12.2. The van der Waals surface area contributed by atoms with Crippen LogP contribution in [0.2, 0.25) is 0 Å².